The average molecular weight is 440 g/mol. The molecule has 3 aromatic rings. The van der Waals surface area contributed by atoms with Gasteiger partial charge < -0.3 is 14.4 Å². The van der Waals surface area contributed by atoms with E-state index < -0.39 is 0 Å². The zero-order valence-electron chi connectivity index (χ0n) is 17.6. The molecule has 162 valence electrons. The van der Waals surface area contributed by atoms with Crippen LogP contribution in [0.2, 0.25) is 5.02 Å². The van der Waals surface area contributed by atoms with Gasteiger partial charge in [-0.15, -0.1) is 0 Å². The Kier molecular flexibility index (Phi) is 5.36. The summed E-state index contributed by atoms with van der Waals surface area (Å²) >= 11 is 5.99. The number of rotatable bonds is 4. The highest BCUT2D eigenvalue weighted by Crippen LogP contribution is 2.39. The second-order valence-corrected chi connectivity index (χ2v) is 9.04. The number of furan rings is 1. The summed E-state index contributed by atoms with van der Waals surface area (Å²) in [7, 11) is 0. The van der Waals surface area contributed by atoms with Crippen molar-refractivity contribution in [3.63, 3.8) is 0 Å². The van der Waals surface area contributed by atoms with Gasteiger partial charge in [0.1, 0.15) is 5.76 Å². The monoisotopic (exact) mass is 439 g/mol. The van der Waals surface area contributed by atoms with Crippen molar-refractivity contribution in [3.05, 3.63) is 63.7 Å². The fourth-order valence-corrected chi connectivity index (χ4v) is 4.81. The van der Waals surface area contributed by atoms with Gasteiger partial charge in [0.2, 0.25) is 0 Å². The SMILES string of the molecule is Cc1c(C(=O)N2CCC(CO)CC2)oc2c1-c1nn(Cc3ccc(Cl)cc3)cc1CC2. The first-order valence-electron chi connectivity index (χ1n) is 10.9. The maximum absolute atomic E-state index is 13.2. The first-order chi connectivity index (χ1) is 15.0. The van der Waals surface area contributed by atoms with Crippen molar-refractivity contribution in [3.8, 4) is 11.3 Å². The molecule has 7 heteroatoms. The van der Waals surface area contributed by atoms with Gasteiger partial charge in [-0.1, -0.05) is 23.7 Å². The molecule has 0 spiro atoms. The Morgan fingerprint density at radius 1 is 1.23 bits per heavy atom. The molecule has 2 aliphatic rings. The Morgan fingerprint density at radius 3 is 2.68 bits per heavy atom. The first kappa shape index (κ1) is 20.3. The Bertz CT molecular complexity index is 1110. The van der Waals surface area contributed by atoms with Crippen LogP contribution in [0.4, 0.5) is 0 Å². The lowest BCUT2D eigenvalue weighted by atomic mass is 9.93. The van der Waals surface area contributed by atoms with Crippen LogP contribution in [0.3, 0.4) is 0 Å². The molecule has 2 aromatic heterocycles. The van der Waals surface area contributed by atoms with Gasteiger partial charge >= 0.3 is 0 Å². The number of fused-ring (bicyclic) bond motifs is 3. The summed E-state index contributed by atoms with van der Waals surface area (Å²) in [5.41, 5.74) is 5.10. The minimum atomic E-state index is -0.0505. The van der Waals surface area contributed by atoms with E-state index in [-0.39, 0.29) is 12.5 Å². The molecular formula is C24H26ClN3O3. The molecule has 1 N–H and O–H groups in total. The zero-order valence-corrected chi connectivity index (χ0v) is 18.4. The summed E-state index contributed by atoms with van der Waals surface area (Å²) in [5.74, 6) is 1.54. The van der Waals surface area contributed by atoms with Crippen molar-refractivity contribution in [2.75, 3.05) is 19.7 Å². The molecule has 0 bridgehead atoms. The standard InChI is InChI=1S/C24H26ClN3O3/c1-15-21-20(31-23(15)24(30)27-10-8-17(14-29)9-11-27)7-4-18-13-28(26-22(18)21)12-16-2-5-19(25)6-3-16/h2-3,5-6,13,17,29H,4,7-12,14H2,1H3. The minimum absolute atomic E-state index is 0.0505. The lowest BCUT2D eigenvalue weighted by Gasteiger charge is -2.30. The Labute approximate surface area is 186 Å². The van der Waals surface area contributed by atoms with Crippen molar-refractivity contribution < 1.29 is 14.3 Å². The highest BCUT2D eigenvalue weighted by atomic mass is 35.5. The number of carbonyl (C=O) groups is 1. The van der Waals surface area contributed by atoms with Crippen LogP contribution in [0, 0.1) is 12.8 Å². The topological polar surface area (TPSA) is 71.5 Å². The second-order valence-electron chi connectivity index (χ2n) is 8.60. The van der Waals surface area contributed by atoms with Crippen LogP contribution >= 0.6 is 11.6 Å². The largest absolute Gasteiger partial charge is 0.455 e. The number of amides is 1. The Balaban J connectivity index is 1.41. The van der Waals surface area contributed by atoms with Gasteiger partial charge in [-0.3, -0.25) is 9.48 Å². The van der Waals surface area contributed by atoms with E-state index in [1.807, 2.05) is 40.8 Å². The van der Waals surface area contributed by atoms with Gasteiger partial charge in [-0.05, 0) is 55.4 Å². The van der Waals surface area contributed by atoms with E-state index in [2.05, 4.69) is 6.20 Å². The highest BCUT2D eigenvalue weighted by molar-refractivity contribution is 6.30. The molecule has 0 unspecified atom stereocenters. The number of piperidine rings is 1. The molecule has 0 saturated carbocycles. The minimum Gasteiger partial charge on any atom is -0.455 e. The van der Waals surface area contributed by atoms with Crippen LogP contribution < -0.4 is 0 Å². The summed E-state index contributed by atoms with van der Waals surface area (Å²) in [6, 6.07) is 7.79. The molecule has 0 atom stereocenters. The molecular weight excluding hydrogens is 414 g/mol. The van der Waals surface area contributed by atoms with Gasteiger partial charge in [-0.2, -0.15) is 5.10 Å². The smallest absolute Gasteiger partial charge is 0.289 e. The predicted molar refractivity (Wildman–Crippen MR) is 118 cm³/mol. The summed E-state index contributed by atoms with van der Waals surface area (Å²) < 4.78 is 8.05. The average Bonchev–Trinajstić information content (AvgIpc) is 3.35. The number of carbonyl (C=O) groups excluding carboxylic acids is 1. The number of nitrogens with zero attached hydrogens (tertiary/aromatic N) is 3. The third-order valence-electron chi connectivity index (χ3n) is 6.53. The summed E-state index contributed by atoms with van der Waals surface area (Å²) in [6.45, 7) is 4.15. The molecule has 1 fully saturated rings. The first-order valence-corrected chi connectivity index (χ1v) is 11.2. The Hall–Kier alpha value is -2.57. The number of aliphatic hydroxyl groups is 1. The van der Waals surface area contributed by atoms with E-state index in [0.29, 0.717) is 31.3 Å². The zero-order chi connectivity index (χ0) is 21.5. The van der Waals surface area contributed by atoms with Gasteiger partial charge in [0.25, 0.3) is 5.91 Å². The van der Waals surface area contributed by atoms with E-state index in [0.717, 1.165) is 58.9 Å². The summed E-state index contributed by atoms with van der Waals surface area (Å²) in [4.78, 5) is 15.0. The van der Waals surface area contributed by atoms with Gasteiger partial charge in [0, 0.05) is 48.5 Å². The van der Waals surface area contributed by atoms with Gasteiger partial charge in [0.15, 0.2) is 5.76 Å². The van der Waals surface area contributed by atoms with Crippen LogP contribution in [0.25, 0.3) is 11.3 Å². The summed E-state index contributed by atoms with van der Waals surface area (Å²) in [6.07, 6.45) is 5.39. The number of hydrogen-bond acceptors (Lipinski definition) is 4. The quantitative estimate of drug-likeness (QED) is 0.664. The fourth-order valence-electron chi connectivity index (χ4n) is 4.69. The van der Waals surface area contributed by atoms with Crippen molar-refractivity contribution in [2.24, 2.45) is 5.92 Å². The van der Waals surface area contributed by atoms with Crippen molar-refractivity contribution in [1.29, 1.82) is 0 Å². The molecule has 0 radical (unpaired) electrons. The molecule has 1 aliphatic carbocycles. The van der Waals surface area contributed by atoms with Crippen molar-refractivity contribution >= 4 is 17.5 Å². The Morgan fingerprint density at radius 2 is 1.97 bits per heavy atom. The molecule has 1 aliphatic heterocycles. The van der Waals surface area contributed by atoms with E-state index in [1.54, 1.807) is 0 Å². The molecule has 6 nitrogen and oxygen atoms in total. The summed E-state index contributed by atoms with van der Waals surface area (Å²) in [5, 5.41) is 14.9. The molecule has 5 rings (SSSR count). The van der Waals surface area contributed by atoms with Gasteiger partial charge in [-0.25, -0.2) is 0 Å². The van der Waals surface area contributed by atoms with E-state index >= 15 is 0 Å². The number of aryl methyl sites for hydroxylation is 2. The lowest BCUT2D eigenvalue weighted by Crippen LogP contribution is -2.39. The second kappa shape index (κ2) is 8.17. The fraction of sp³-hybridized carbons (Fsp3) is 0.417. The molecule has 1 amide bonds. The third-order valence-corrected chi connectivity index (χ3v) is 6.78. The molecule has 1 saturated heterocycles. The maximum atomic E-state index is 13.2. The highest BCUT2D eigenvalue weighted by Gasteiger charge is 2.32. The number of hydrogen-bond donors (Lipinski definition) is 1. The van der Waals surface area contributed by atoms with E-state index in [4.69, 9.17) is 21.1 Å². The van der Waals surface area contributed by atoms with Crippen molar-refractivity contribution in [1.82, 2.24) is 14.7 Å². The molecule has 31 heavy (non-hydrogen) atoms. The number of aliphatic hydroxyl groups excluding tert-OH is 1. The normalized spacial score (nSPS) is 16.3. The van der Waals surface area contributed by atoms with E-state index in [1.165, 1.54) is 5.56 Å². The van der Waals surface area contributed by atoms with Crippen LogP contribution in [-0.2, 0) is 19.4 Å². The van der Waals surface area contributed by atoms with Crippen LogP contribution in [0.1, 0.15) is 45.8 Å². The number of likely N-dealkylation sites (tertiary alicyclic amines) is 1. The molecule has 1 aromatic carbocycles. The van der Waals surface area contributed by atoms with Crippen LogP contribution in [0.15, 0.2) is 34.9 Å². The maximum Gasteiger partial charge on any atom is 0.289 e. The van der Waals surface area contributed by atoms with Gasteiger partial charge in [0.05, 0.1) is 12.2 Å². The predicted octanol–water partition coefficient (Wildman–Crippen LogP) is 4.10. The van der Waals surface area contributed by atoms with Crippen LogP contribution in [0.5, 0.6) is 0 Å². The number of benzene rings is 1. The van der Waals surface area contributed by atoms with Crippen molar-refractivity contribution in [2.45, 2.75) is 39.2 Å². The van der Waals surface area contributed by atoms with E-state index in [9.17, 15) is 9.90 Å². The number of halogens is 1. The molecule has 3 heterocycles. The van der Waals surface area contributed by atoms with Crippen LogP contribution in [-0.4, -0.2) is 45.4 Å². The lowest BCUT2D eigenvalue weighted by molar-refractivity contribution is 0.0617. The number of aromatic nitrogens is 2. The third kappa shape index (κ3) is 3.79.